The van der Waals surface area contributed by atoms with Crippen LogP contribution in [-0.4, -0.2) is 22.5 Å². The van der Waals surface area contributed by atoms with Gasteiger partial charge < -0.3 is 5.32 Å². The highest BCUT2D eigenvalue weighted by Gasteiger charge is 2.30. The summed E-state index contributed by atoms with van der Waals surface area (Å²) in [5.74, 6) is 0. The van der Waals surface area contributed by atoms with E-state index in [0.717, 1.165) is 17.4 Å². The molecule has 1 fully saturated rings. The van der Waals surface area contributed by atoms with Gasteiger partial charge in [-0.3, -0.25) is 0 Å². The zero-order valence-corrected chi connectivity index (χ0v) is 11.7. The quantitative estimate of drug-likeness (QED) is 0.883. The van der Waals surface area contributed by atoms with Crippen molar-refractivity contribution < 1.29 is 0 Å². The highest BCUT2D eigenvalue weighted by molar-refractivity contribution is 8.00. The fourth-order valence-electron chi connectivity index (χ4n) is 2.32. The van der Waals surface area contributed by atoms with Crippen LogP contribution in [0.4, 0.5) is 5.13 Å². The molecule has 1 aromatic heterocycles. The van der Waals surface area contributed by atoms with Crippen molar-refractivity contribution in [2.45, 2.75) is 43.8 Å². The number of hydrogen-bond donors (Lipinski definition) is 1. The lowest BCUT2D eigenvalue weighted by molar-refractivity contribution is 0.411. The van der Waals surface area contributed by atoms with Crippen molar-refractivity contribution in [2.24, 2.45) is 0 Å². The number of thiazole rings is 1. The minimum atomic E-state index is 0.456. The molecule has 0 spiro atoms. The Kier molecular flexibility index (Phi) is 4.14. The second kappa shape index (κ2) is 5.41. The third-order valence-electron chi connectivity index (χ3n) is 3.38. The second-order valence-electron chi connectivity index (χ2n) is 4.60. The zero-order valence-electron chi connectivity index (χ0n) is 10.1. The van der Waals surface area contributed by atoms with E-state index in [1.54, 1.807) is 11.3 Å². The number of nitrogens with one attached hydrogen (secondary N) is 1. The molecule has 0 atom stereocenters. The lowest BCUT2D eigenvalue weighted by atomic mass is 9.88. The van der Waals surface area contributed by atoms with Crippen molar-refractivity contribution in [2.75, 3.05) is 18.1 Å². The van der Waals surface area contributed by atoms with Gasteiger partial charge in [0.25, 0.3) is 0 Å². The third-order valence-corrected chi connectivity index (χ3v) is 5.72. The summed E-state index contributed by atoms with van der Waals surface area (Å²) in [5.41, 5.74) is 1.12. The van der Waals surface area contributed by atoms with Crippen molar-refractivity contribution in [3.8, 4) is 0 Å². The second-order valence-corrected chi connectivity index (χ2v) is 6.73. The van der Waals surface area contributed by atoms with Gasteiger partial charge >= 0.3 is 0 Å². The average Bonchev–Trinajstić information content (AvgIpc) is 2.74. The first-order valence-electron chi connectivity index (χ1n) is 5.95. The maximum atomic E-state index is 4.46. The van der Waals surface area contributed by atoms with Crippen LogP contribution < -0.4 is 5.32 Å². The molecule has 0 bridgehead atoms. The van der Waals surface area contributed by atoms with E-state index in [0.29, 0.717) is 4.75 Å². The molecule has 0 saturated heterocycles. The molecule has 0 unspecified atom stereocenters. The fraction of sp³-hybridized carbons (Fsp3) is 0.750. The monoisotopic (exact) mass is 256 g/mol. The number of aryl methyl sites for hydroxylation is 1. The molecule has 0 radical (unpaired) electrons. The van der Waals surface area contributed by atoms with Crippen LogP contribution in [0.25, 0.3) is 0 Å². The van der Waals surface area contributed by atoms with Crippen LogP contribution in [0.1, 0.15) is 37.8 Å². The van der Waals surface area contributed by atoms with Gasteiger partial charge in [-0.15, -0.1) is 11.3 Å². The van der Waals surface area contributed by atoms with E-state index in [1.807, 2.05) is 18.7 Å². The first-order chi connectivity index (χ1) is 7.74. The maximum absolute atomic E-state index is 4.46. The van der Waals surface area contributed by atoms with Crippen LogP contribution in [0.5, 0.6) is 0 Å². The predicted octanol–water partition coefficient (Wildman–Crippen LogP) is 3.93. The maximum Gasteiger partial charge on any atom is 0.182 e. The van der Waals surface area contributed by atoms with Crippen LogP contribution in [0, 0.1) is 6.92 Å². The SMILES string of the molecule is CSC1(CNc2nc(C)cs2)CCCCC1. The molecule has 0 aromatic carbocycles. The van der Waals surface area contributed by atoms with Gasteiger partial charge in [-0.1, -0.05) is 19.3 Å². The molecular formula is C12H20N2S2. The molecule has 0 aliphatic heterocycles. The number of thioether (sulfide) groups is 1. The van der Waals surface area contributed by atoms with Crippen molar-refractivity contribution in [3.63, 3.8) is 0 Å². The lowest BCUT2D eigenvalue weighted by Crippen LogP contribution is -2.35. The van der Waals surface area contributed by atoms with Gasteiger partial charge in [-0.2, -0.15) is 11.8 Å². The van der Waals surface area contributed by atoms with E-state index < -0.39 is 0 Å². The molecule has 1 aliphatic carbocycles. The Morgan fingerprint density at radius 3 is 2.75 bits per heavy atom. The summed E-state index contributed by atoms with van der Waals surface area (Å²) in [4.78, 5) is 4.46. The van der Waals surface area contributed by atoms with Crippen molar-refractivity contribution in [3.05, 3.63) is 11.1 Å². The van der Waals surface area contributed by atoms with E-state index in [4.69, 9.17) is 0 Å². The summed E-state index contributed by atoms with van der Waals surface area (Å²) < 4.78 is 0.456. The smallest absolute Gasteiger partial charge is 0.182 e. The van der Waals surface area contributed by atoms with E-state index in [2.05, 4.69) is 21.9 Å². The molecule has 16 heavy (non-hydrogen) atoms. The van der Waals surface area contributed by atoms with Gasteiger partial charge in [0.05, 0.1) is 5.69 Å². The highest BCUT2D eigenvalue weighted by Crippen LogP contribution is 2.38. The Hall–Kier alpha value is -0.220. The molecule has 90 valence electrons. The minimum Gasteiger partial charge on any atom is -0.360 e. The number of hydrogen-bond acceptors (Lipinski definition) is 4. The minimum absolute atomic E-state index is 0.456. The first kappa shape index (κ1) is 12.2. The number of anilines is 1. The van der Waals surface area contributed by atoms with E-state index >= 15 is 0 Å². The Morgan fingerprint density at radius 2 is 2.19 bits per heavy atom. The Bertz CT molecular complexity index is 330. The summed E-state index contributed by atoms with van der Waals surface area (Å²) in [5, 5.41) is 6.70. The molecule has 0 amide bonds. The van der Waals surface area contributed by atoms with Crippen LogP contribution in [0.3, 0.4) is 0 Å². The Labute approximate surface area is 106 Å². The normalized spacial score (nSPS) is 19.6. The largest absolute Gasteiger partial charge is 0.360 e. The van der Waals surface area contributed by atoms with Gasteiger partial charge in [0, 0.05) is 16.7 Å². The summed E-state index contributed by atoms with van der Waals surface area (Å²) in [6, 6.07) is 0. The van der Waals surface area contributed by atoms with Crippen LogP contribution in [0.15, 0.2) is 5.38 Å². The lowest BCUT2D eigenvalue weighted by Gasteiger charge is -2.35. The van der Waals surface area contributed by atoms with Crippen LogP contribution >= 0.6 is 23.1 Å². The standard InChI is InChI=1S/C12H20N2S2/c1-10-8-16-11(14-10)13-9-12(15-2)6-4-3-5-7-12/h8H,3-7,9H2,1-2H3,(H,13,14). The number of nitrogens with zero attached hydrogens (tertiary/aromatic N) is 1. The summed E-state index contributed by atoms with van der Waals surface area (Å²) in [6.45, 7) is 3.12. The summed E-state index contributed by atoms with van der Waals surface area (Å²) >= 11 is 3.75. The molecule has 1 aliphatic rings. The topological polar surface area (TPSA) is 24.9 Å². The molecule has 1 N–H and O–H groups in total. The first-order valence-corrected chi connectivity index (χ1v) is 8.06. The number of rotatable bonds is 4. The predicted molar refractivity (Wildman–Crippen MR) is 74.7 cm³/mol. The Morgan fingerprint density at radius 1 is 1.44 bits per heavy atom. The van der Waals surface area contributed by atoms with Crippen LogP contribution in [0.2, 0.25) is 0 Å². The summed E-state index contributed by atoms with van der Waals surface area (Å²) in [7, 11) is 0. The van der Waals surface area contributed by atoms with Crippen molar-refractivity contribution in [1.29, 1.82) is 0 Å². The average molecular weight is 256 g/mol. The highest BCUT2D eigenvalue weighted by atomic mass is 32.2. The van der Waals surface area contributed by atoms with Crippen molar-refractivity contribution >= 4 is 28.2 Å². The fourth-order valence-corrected chi connectivity index (χ4v) is 3.92. The van der Waals surface area contributed by atoms with Gasteiger partial charge in [0.15, 0.2) is 5.13 Å². The summed E-state index contributed by atoms with van der Waals surface area (Å²) in [6.07, 6.45) is 9.15. The van der Waals surface area contributed by atoms with Crippen molar-refractivity contribution in [1.82, 2.24) is 4.98 Å². The van der Waals surface area contributed by atoms with E-state index in [9.17, 15) is 0 Å². The molecule has 1 aromatic rings. The molecule has 1 saturated carbocycles. The van der Waals surface area contributed by atoms with Gasteiger partial charge in [0.1, 0.15) is 0 Å². The van der Waals surface area contributed by atoms with Gasteiger partial charge in [-0.05, 0) is 26.0 Å². The zero-order chi connectivity index (χ0) is 11.4. The molecule has 4 heteroatoms. The number of aromatic nitrogens is 1. The molecule has 2 nitrogen and oxygen atoms in total. The van der Waals surface area contributed by atoms with Crippen LogP contribution in [-0.2, 0) is 0 Å². The van der Waals surface area contributed by atoms with E-state index in [1.165, 1.54) is 32.1 Å². The van der Waals surface area contributed by atoms with Gasteiger partial charge in [0.2, 0.25) is 0 Å². The van der Waals surface area contributed by atoms with Gasteiger partial charge in [-0.25, -0.2) is 4.98 Å². The molecular weight excluding hydrogens is 236 g/mol. The Balaban J connectivity index is 1.91. The molecule has 2 rings (SSSR count). The molecule has 1 heterocycles. The van der Waals surface area contributed by atoms with E-state index in [-0.39, 0.29) is 0 Å². The third kappa shape index (κ3) is 2.92.